The molecule has 0 aromatic rings. The molecule has 1 atom stereocenters. The van der Waals surface area contributed by atoms with Gasteiger partial charge in [-0.2, -0.15) is 17.4 Å². The molecular formula is C9H21N3O2S. The summed E-state index contributed by atoms with van der Waals surface area (Å²) in [5, 5.41) is 3.18. The summed E-state index contributed by atoms with van der Waals surface area (Å²) in [5.74, 6) is 0. The number of hydrogen-bond acceptors (Lipinski definition) is 3. The van der Waals surface area contributed by atoms with Crippen LogP contribution >= 0.6 is 0 Å². The Morgan fingerprint density at radius 1 is 1.53 bits per heavy atom. The third kappa shape index (κ3) is 4.06. The Morgan fingerprint density at radius 3 is 2.80 bits per heavy atom. The Morgan fingerprint density at radius 2 is 2.27 bits per heavy atom. The van der Waals surface area contributed by atoms with Crippen molar-refractivity contribution in [2.75, 3.05) is 26.7 Å². The average molecular weight is 235 g/mol. The Labute approximate surface area is 92.4 Å². The Bertz CT molecular complexity index is 273. The number of nitrogens with zero attached hydrogens (tertiary/aromatic N) is 1. The molecule has 1 heterocycles. The van der Waals surface area contributed by atoms with E-state index < -0.39 is 10.2 Å². The van der Waals surface area contributed by atoms with Crippen molar-refractivity contribution < 1.29 is 8.42 Å². The zero-order chi connectivity index (χ0) is 11.3. The molecule has 1 aliphatic heterocycles. The first kappa shape index (κ1) is 12.9. The van der Waals surface area contributed by atoms with E-state index in [1.807, 2.05) is 6.92 Å². The highest BCUT2D eigenvalue weighted by Crippen LogP contribution is 2.05. The van der Waals surface area contributed by atoms with E-state index in [1.165, 1.54) is 4.31 Å². The minimum absolute atomic E-state index is 0.0445. The molecule has 1 aliphatic rings. The molecule has 1 rings (SSSR count). The third-order valence-corrected chi connectivity index (χ3v) is 4.20. The van der Waals surface area contributed by atoms with Crippen molar-refractivity contribution in [1.29, 1.82) is 0 Å². The van der Waals surface area contributed by atoms with Crippen LogP contribution in [0, 0.1) is 0 Å². The first-order valence-corrected chi connectivity index (χ1v) is 6.94. The Hall–Kier alpha value is -0.170. The molecular weight excluding hydrogens is 214 g/mol. The van der Waals surface area contributed by atoms with Crippen molar-refractivity contribution in [3.8, 4) is 0 Å². The molecule has 90 valence electrons. The van der Waals surface area contributed by atoms with Gasteiger partial charge in [-0.15, -0.1) is 0 Å². The largest absolute Gasteiger partial charge is 0.315 e. The van der Waals surface area contributed by atoms with Crippen LogP contribution in [-0.4, -0.2) is 45.4 Å². The van der Waals surface area contributed by atoms with Crippen LogP contribution in [0.5, 0.6) is 0 Å². The van der Waals surface area contributed by atoms with Crippen molar-refractivity contribution in [1.82, 2.24) is 14.3 Å². The summed E-state index contributed by atoms with van der Waals surface area (Å²) in [6.45, 7) is 4.26. The zero-order valence-electron chi connectivity index (χ0n) is 9.49. The van der Waals surface area contributed by atoms with Crippen LogP contribution in [0.3, 0.4) is 0 Å². The van der Waals surface area contributed by atoms with Crippen molar-refractivity contribution in [3.05, 3.63) is 0 Å². The van der Waals surface area contributed by atoms with Gasteiger partial charge in [-0.25, -0.2) is 0 Å². The maximum Gasteiger partial charge on any atom is 0.279 e. The van der Waals surface area contributed by atoms with Crippen LogP contribution in [0.2, 0.25) is 0 Å². The average Bonchev–Trinajstić information content (AvgIpc) is 2.19. The Kier molecular flexibility index (Phi) is 4.98. The van der Waals surface area contributed by atoms with Gasteiger partial charge >= 0.3 is 0 Å². The summed E-state index contributed by atoms with van der Waals surface area (Å²) in [6, 6.07) is 0.0445. The molecule has 0 aromatic heterocycles. The van der Waals surface area contributed by atoms with Crippen molar-refractivity contribution >= 4 is 10.2 Å². The topological polar surface area (TPSA) is 61.4 Å². The van der Waals surface area contributed by atoms with E-state index in [2.05, 4.69) is 10.0 Å². The first-order valence-electron chi connectivity index (χ1n) is 5.50. The van der Waals surface area contributed by atoms with Crippen molar-refractivity contribution in [2.24, 2.45) is 0 Å². The molecule has 0 unspecified atom stereocenters. The van der Waals surface area contributed by atoms with Crippen LogP contribution in [0.25, 0.3) is 0 Å². The summed E-state index contributed by atoms with van der Waals surface area (Å²) < 4.78 is 27.6. The molecule has 1 fully saturated rings. The summed E-state index contributed by atoms with van der Waals surface area (Å²) in [5.41, 5.74) is 0. The van der Waals surface area contributed by atoms with E-state index in [-0.39, 0.29) is 6.04 Å². The fourth-order valence-corrected chi connectivity index (χ4v) is 2.91. The van der Waals surface area contributed by atoms with E-state index in [0.29, 0.717) is 6.54 Å². The normalized spacial score (nSPS) is 23.3. The highest BCUT2D eigenvalue weighted by Gasteiger charge is 2.22. The minimum atomic E-state index is -3.28. The van der Waals surface area contributed by atoms with E-state index in [4.69, 9.17) is 0 Å². The van der Waals surface area contributed by atoms with Crippen LogP contribution in [-0.2, 0) is 10.2 Å². The molecule has 0 aromatic carbocycles. The van der Waals surface area contributed by atoms with Gasteiger partial charge in [-0.1, -0.05) is 6.92 Å². The number of hydrogen-bond donors (Lipinski definition) is 2. The van der Waals surface area contributed by atoms with Crippen LogP contribution in [0.15, 0.2) is 0 Å². The molecule has 1 saturated heterocycles. The molecule has 6 heteroatoms. The molecule has 2 N–H and O–H groups in total. The van der Waals surface area contributed by atoms with Gasteiger partial charge in [0.05, 0.1) is 0 Å². The van der Waals surface area contributed by atoms with Crippen molar-refractivity contribution in [3.63, 3.8) is 0 Å². The number of piperidine rings is 1. The van der Waals surface area contributed by atoms with Crippen LogP contribution in [0.4, 0.5) is 0 Å². The molecule has 0 spiro atoms. The maximum atomic E-state index is 11.8. The summed E-state index contributed by atoms with van der Waals surface area (Å²) >= 11 is 0. The maximum absolute atomic E-state index is 11.8. The number of nitrogens with one attached hydrogen (secondary N) is 2. The predicted octanol–water partition coefficient (Wildman–Crippen LogP) is -0.0854. The van der Waals surface area contributed by atoms with Gasteiger partial charge in [0.15, 0.2) is 0 Å². The van der Waals surface area contributed by atoms with Crippen LogP contribution < -0.4 is 10.0 Å². The van der Waals surface area contributed by atoms with Gasteiger partial charge in [-0.05, 0) is 25.8 Å². The second kappa shape index (κ2) is 5.79. The van der Waals surface area contributed by atoms with Gasteiger partial charge in [0.2, 0.25) is 0 Å². The highest BCUT2D eigenvalue weighted by molar-refractivity contribution is 7.87. The monoisotopic (exact) mass is 235 g/mol. The van der Waals surface area contributed by atoms with Crippen LogP contribution in [0.1, 0.15) is 26.2 Å². The fourth-order valence-electron chi connectivity index (χ4n) is 1.69. The lowest BCUT2D eigenvalue weighted by Gasteiger charge is -2.26. The molecule has 5 nitrogen and oxygen atoms in total. The van der Waals surface area contributed by atoms with E-state index in [9.17, 15) is 8.42 Å². The molecule has 15 heavy (non-hydrogen) atoms. The highest BCUT2D eigenvalue weighted by atomic mass is 32.2. The van der Waals surface area contributed by atoms with Gasteiger partial charge < -0.3 is 5.32 Å². The van der Waals surface area contributed by atoms with E-state index in [0.717, 1.165) is 32.4 Å². The summed E-state index contributed by atoms with van der Waals surface area (Å²) in [7, 11) is -1.67. The molecule has 0 bridgehead atoms. The van der Waals surface area contributed by atoms with Crippen molar-refractivity contribution in [2.45, 2.75) is 32.2 Å². The lowest BCUT2D eigenvalue weighted by atomic mass is 10.1. The van der Waals surface area contributed by atoms with E-state index in [1.54, 1.807) is 7.05 Å². The SMILES string of the molecule is CCCN(C)S(=O)(=O)N[C@H]1CCCNC1. The summed E-state index contributed by atoms with van der Waals surface area (Å²) in [6.07, 6.45) is 2.79. The number of rotatable bonds is 5. The minimum Gasteiger partial charge on any atom is -0.315 e. The predicted molar refractivity (Wildman–Crippen MR) is 60.9 cm³/mol. The second-order valence-corrected chi connectivity index (χ2v) is 5.80. The van der Waals surface area contributed by atoms with Gasteiger partial charge in [0.1, 0.15) is 0 Å². The molecule has 0 radical (unpaired) electrons. The first-order chi connectivity index (χ1) is 7.06. The van der Waals surface area contributed by atoms with Gasteiger partial charge in [-0.3, -0.25) is 0 Å². The third-order valence-electron chi connectivity index (χ3n) is 2.56. The molecule has 0 amide bonds. The molecule has 0 aliphatic carbocycles. The Balaban J connectivity index is 2.47. The smallest absolute Gasteiger partial charge is 0.279 e. The van der Waals surface area contributed by atoms with E-state index >= 15 is 0 Å². The molecule has 0 saturated carbocycles. The summed E-state index contributed by atoms with van der Waals surface area (Å²) in [4.78, 5) is 0. The fraction of sp³-hybridized carbons (Fsp3) is 1.00. The zero-order valence-corrected chi connectivity index (χ0v) is 10.3. The second-order valence-electron chi connectivity index (χ2n) is 3.99. The quantitative estimate of drug-likeness (QED) is 0.700. The lowest BCUT2D eigenvalue weighted by Crippen LogP contribution is -2.49. The van der Waals surface area contributed by atoms with Gasteiger partial charge in [0, 0.05) is 26.2 Å². The van der Waals surface area contributed by atoms with Gasteiger partial charge in [0.25, 0.3) is 10.2 Å². The lowest BCUT2D eigenvalue weighted by molar-refractivity contribution is 0.402. The standard InChI is InChI=1S/C9H21N3O2S/c1-3-7-12(2)15(13,14)11-9-5-4-6-10-8-9/h9-11H,3-8H2,1-2H3/t9-/m0/s1.